The minimum atomic E-state index is -4.78. The Hall–Kier alpha value is -1.66. The lowest BCUT2D eigenvalue weighted by atomic mass is 9.99. The maximum Gasteiger partial charge on any atom is 0.416 e. The van der Waals surface area contributed by atoms with Gasteiger partial charge in [0.05, 0.1) is 5.56 Å². The SMILES string of the molecule is O=C(O)CCc1ccc(C(F)F)cc1C(F)(F)F. The molecule has 0 saturated carbocycles. The number of aryl methyl sites for hydroxylation is 1. The monoisotopic (exact) mass is 268 g/mol. The molecule has 0 aliphatic rings. The van der Waals surface area contributed by atoms with Gasteiger partial charge >= 0.3 is 12.1 Å². The number of halogens is 5. The predicted octanol–water partition coefficient (Wildman–Crippen LogP) is 3.66. The zero-order valence-electron chi connectivity index (χ0n) is 8.97. The van der Waals surface area contributed by atoms with Gasteiger partial charge in [-0.15, -0.1) is 0 Å². The molecule has 7 heteroatoms. The third-order valence-corrected chi connectivity index (χ3v) is 2.30. The van der Waals surface area contributed by atoms with Crippen LogP contribution in [0.5, 0.6) is 0 Å². The first-order chi connectivity index (χ1) is 8.21. The number of carboxylic acids is 1. The van der Waals surface area contributed by atoms with Gasteiger partial charge in [-0.25, -0.2) is 8.78 Å². The molecule has 1 N–H and O–H groups in total. The van der Waals surface area contributed by atoms with E-state index in [0.717, 1.165) is 12.1 Å². The highest BCUT2D eigenvalue weighted by Gasteiger charge is 2.34. The Labute approximate surface area is 99.0 Å². The third-order valence-electron chi connectivity index (χ3n) is 2.30. The Bertz CT molecular complexity index is 440. The minimum absolute atomic E-state index is 0.297. The topological polar surface area (TPSA) is 37.3 Å². The van der Waals surface area contributed by atoms with Gasteiger partial charge in [0.2, 0.25) is 0 Å². The van der Waals surface area contributed by atoms with Gasteiger partial charge in [0.1, 0.15) is 0 Å². The maximum atomic E-state index is 12.6. The average Bonchev–Trinajstić information content (AvgIpc) is 2.24. The van der Waals surface area contributed by atoms with E-state index in [2.05, 4.69) is 0 Å². The fraction of sp³-hybridized carbons (Fsp3) is 0.364. The summed E-state index contributed by atoms with van der Waals surface area (Å²) in [4.78, 5) is 10.3. The highest BCUT2D eigenvalue weighted by atomic mass is 19.4. The molecular formula is C11H9F5O2. The number of carboxylic acid groups (broad SMARTS) is 1. The smallest absolute Gasteiger partial charge is 0.416 e. The summed E-state index contributed by atoms with van der Waals surface area (Å²) in [5, 5.41) is 8.41. The van der Waals surface area contributed by atoms with E-state index in [1.54, 1.807) is 0 Å². The molecule has 0 fully saturated rings. The van der Waals surface area contributed by atoms with E-state index in [-0.39, 0.29) is 12.0 Å². The molecule has 0 unspecified atom stereocenters. The number of carbonyl (C=O) groups is 1. The van der Waals surface area contributed by atoms with E-state index < -0.39 is 36.1 Å². The molecule has 0 spiro atoms. The number of alkyl halides is 5. The standard InChI is InChI=1S/C11H9F5O2/c12-10(13)7-2-1-6(3-4-9(17)18)8(5-7)11(14,15)16/h1-2,5,10H,3-4H2,(H,17,18). The van der Waals surface area contributed by atoms with Crippen molar-refractivity contribution in [1.29, 1.82) is 0 Å². The van der Waals surface area contributed by atoms with Crippen molar-refractivity contribution < 1.29 is 31.9 Å². The zero-order valence-corrected chi connectivity index (χ0v) is 8.97. The van der Waals surface area contributed by atoms with Crippen LogP contribution in [0.4, 0.5) is 22.0 Å². The van der Waals surface area contributed by atoms with Crippen molar-refractivity contribution in [1.82, 2.24) is 0 Å². The third kappa shape index (κ3) is 3.68. The molecule has 0 bridgehead atoms. The van der Waals surface area contributed by atoms with E-state index in [4.69, 9.17) is 5.11 Å². The fourth-order valence-electron chi connectivity index (χ4n) is 1.45. The fourth-order valence-corrected chi connectivity index (χ4v) is 1.45. The Kier molecular flexibility index (Phi) is 4.26. The summed E-state index contributed by atoms with van der Waals surface area (Å²) >= 11 is 0. The van der Waals surface area contributed by atoms with Gasteiger partial charge in [0, 0.05) is 12.0 Å². The summed E-state index contributed by atoms with van der Waals surface area (Å²) in [5.41, 5.74) is -2.24. The van der Waals surface area contributed by atoms with E-state index in [1.807, 2.05) is 0 Å². The van der Waals surface area contributed by atoms with Crippen LogP contribution in [0.3, 0.4) is 0 Å². The summed E-state index contributed by atoms with van der Waals surface area (Å²) < 4.78 is 62.5. The van der Waals surface area contributed by atoms with Gasteiger partial charge in [0.25, 0.3) is 6.43 Å². The van der Waals surface area contributed by atoms with Crippen LogP contribution >= 0.6 is 0 Å². The second-order valence-electron chi connectivity index (χ2n) is 3.61. The van der Waals surface area contributed by atoms with E-state index in [9.17, 15) is 26.7 Å². The molecule has 0 saturated heterocycles. The summed E-state index contributed by atoms with van der Waals surface area (Å²) in [6, 6.07) is 2.13. The van der Waals surface area contributed by atoms with Crippen LogP contribution < -0.4 is 0 Å². The highest BCUT2D eigenvalue weighted by molar-refractivity contribution is 5.67. The largest absolute Gasteiger partial charge is 0.481 e. The summed E-state index contributed by atoms with van der Waals surface area (Å²) in [5.74, 6) is -1.25. The summed E-state index contributed by atoms with van der Waals surface area (Å²) in [7, 11) is 0. The van der Waals surface area contributed by atoms with Crippen molar-refractivity contribution in [2.75, 3.05) is 0 Å². The zero-order chi connectivity index (χ0) is 13.9. The Morgan fingerprint density at radius 3 is 2.33 bits per heavy atom. The van der Waals surface area contributed by atoms with Crippen molar-refractivity contribution in [3.8, 4) is 0 Å². The molecule has 1 aromatic carbocycles. The van der Waals surface area contributed by atoms with Crippen LogP contribution in [-0.2, 0) is 17.4 Å². The molecule has 2 nitrogen and oxygen atoms in total. The van der Waals surface area contributed by atoms with Gasteiger partial charge in [-0.3, -0.25) is 4.79 Å². The molecule has 0 aliphatic heterocycles. The second-order valence-corrected chi connectivity index (χ2v) is 3.61. The lowest BCUT2D eigenvalue weighted by Crippen LogP contribution is -2.11. The van der Waals surface area contributed by atoms with Crippen LogP contribution in [0.1, 0.15) is 29.5 Å². The second kappa shape index (κ2) is 5.32. The van der Waals surface area contributed by atoms with Crippen LogP contribution in [0, 0.1) is 0 Å². The Morgan fingerprint density at radius 1 is 1.28 bits per heavy atom. The predicted molar refractivity (Wildman–Crippen MR) is 52.4 cm³/mol. The summed E-state index contributed by atoms with van der Waals surface area (Å²) in [6.07, 6.45) is -8.62. The lowest BCUT2D eigenvalue weighted by molar-refractivity contribution is -0.140. The quantitative estimate of drug-likeness (QED) is 0.846. The van der Waals surface area contributed by atoms with Crippen molar-refractivity contribution in [2.24, 2.45) is 0 Å². The first-order valence-corrected chi connectivity index (χ1v) is 4.91. The first kappa shape index (κ1) is 14.4. The molecule has 0 atom stereocenters. The molecule has 0 radical (unpaired) electrons. The van der Waals surface area contributed by atoms with Gasteiger partial charge in [-0.2, -0.15) is 13.2 Å². The average molecular weight is 268 g/mol. The van der Waals surface area contributed by atoms with E-state index in [1.165, 1.54) is 0 Å². The van der Waals surface area contributed by atoms with E-state index in [0.29, 0.717) is 6.07 Å². The number of hydrogen-bond acceptors (Lipinski definition) is 1. The van der Waals surface area contributed by atoms with Crippen molar-refractivity contribution in [2.45, 2.75) is 25.4 Å². The molecule has 0 amide bonds. The number of rotatable bonds is 4. The number of hydrogen-bond donors (Lipinski definition) is 1. The van der Waals surface area contributed by atoms with Crippen LogP contribution in [0.25, 0.3) is 0 Å². The number of aliphatic carboxylic acids is 1. The highest BCUT2D eigenvalue weighted by Crippen LogP contribution is 2.35. The molecule has 0 aromatic heterocycles. The maximum absolute atomic E-state index is 12.6. The van der Waals surface area contributed by atoms with Crippen molar-refractivity contribution in [3.63, 3.8) is 0 Å². The van der Waals surface area contributed by atoms with Gasteiger partial charge in [-0.1, -0.05) is 12.1 Å². The molecule has 0 heterocycles. The molecule has 100 valence electrons. The molecule has 1 rings (SSSR count). The molecular weight excluding hydrogens is 259 g/mol. The number of benzene rings is 1. The minimum Gasteiger partial charge on any atom is -0.481 e. The van der Waals surface area contributed by atoms with Crippen molar-refractivity contribution >= 4 is 5.97 Å². The molecule has 18 heavy (non-hydrogen) atoms. The molecule has 0 aliphatic carbocycles. The van der Waals surface area contributed by atoms with Gasteiger partial charge < -0.3 is 5.11 Å². The van der Waals surface area contributed by atoms with Crippen LogP contribution in [-0.4, -0.2) is 11.1 Å². The summed E-state index contributed by atoms with van der Waals surface area (Å²) in [6.45, 7) is 0. The van der Waals surface area contributed by atoms with Gasteiger partial charge in [-0.05, 0) is 18.1 Å². The normalized spacial score (nSPS) is 11.9. The van der Waals surface area contributed by atoms with Crippen LogP contribution in [0.2, 0.25) is 0 Å². The Morgan fingerprint density at radius 2 is 1.89 bits per heavy atom. The van der Waals surface area contributed by atoms with Crippen molar-refractivity contribution in [3.05, 3.63) is 34.9 Å². The lowest BCUT2D eigenvalue weighted by Gasteiger charge is -2.13. The van der Waals surface area contributed by atoms with Crippen LogP contribution in [0.15, 0.2) is 18.2 Å². The van der Waals surface area contributed by atoms with Gasteiger partial charge in [0.15, 0.2) is 0 Å². The van der Waals surface area contributed by atoms with E-state index >= 15 is 0 Å². The first-order valence-electron chi connectivity index (χ1n) is 4.91. The Balaban J connectivity index is 3.13. The molecule has 1 aromatic rings.